The van der Waals surface area contributed by atoms with Gasteiger partial charge < -0.3 is 15.2 Å². The smallest absolute Gasteiger partial charge is 0.273 e. The number of rotatable bonds is 9. The fourth-order valence-electron chi connectivity index (χ4n) is 1.53. The molecule has 6 heteroatoms. The molecule has 1 aromatic rings. The first-order chi connectivity index (χ1) is 8.75. The van der Waals surface area contributed by atoms with Crippen LogP contribution in [-0.4, -0.2) is 36.4 Å². The zero-order valence-electron chi connectivity index (χ0n) is 10.2. The Bertz CT molecular complexity index is 371. The normalized spacial score (nSPS) is 10.5. The Hall–Kier alpha value is -1.50. The van der Waals surface area contributed by atoms with Crippen LogP contribution in [0.15, 0.2) is 24.3 Å². The number of para-hydroxylation sites is 1. The van der Waals surface area contributed by atoms with Gasteiger partial charge in [-0.05, 0) is 13.0 Å². The van der Waals surface area contributed by atoms with Crippen molar-refractivity contribution in [2.75, 3.05) is 26.4 Å². The minimum absolute atomic E-state index is 0.0314. The second-order valence-corrected chi connectivity index (χ2v) is 3.75. The SMILES string of the molecule is O=[N+]([O-])c1ccccc1CNCCCOCCO. The van der Waals surface area contributed by atoms with Gasteiger partial charge in [0.05, 0.1) is 18.1 Å². The van der Waals surface area contributed by atoms with Crippen LogP contribution in [0.1, 0.15) is 12.0 Å². The number of nitrogens with one attached hydrogen (secondary N) is 1. The minimum Gasteiger partial charge on any atom is -0.394 e. The number of nitrogens with zero attached hydrogens (tertiary/aromatic N) is 1. The van der Waals surface area contributed by atoms with Crippen LogP contribution in [0, 0.1) is 10.1 Å². The highest BCUT2D eigenvalue weighted by Crippen LogP contribution is 2.16. The molecule has 0 aliphatic heterocycles. The minimum atomic E-state index is -0.374. The molecule has 0 bridgehead atoms. The Morgan fingerprint density at radius 1 is 1.33 bits per heavy atom. The molecule has 0 unspecified atom stereocenters. The lowest BCUT2D eigenvalue weighted by Gasteiger charge is -2.06. The van der Waals surface area contributed by atoms with Crippen molar-refractivity contribution in [2.45, 2.75) is 13.0 Å². The third kappa shape index (κ3) is 5.22. The van der Waals surface area contributed by atoms with Gasteiger partial charge in [-0.3, -0.25) is 10.1 Å². The maximum atomic E-state index is 10.8. The van der Waals surface area contributed by atoms with E-state index in [1.165, 1.54) is 6.07 Å². The standard InChI is InChI=1S/C12H18N2O4/c15-7-9-18-8-3-6-13-10-11-4-1-2-5-12(11)14(16)17/h1-2,4-5,13,15H,3,6-10H2. The average molecular weight is 254 g/mol. The number of benzene rings is 1. The lowest BCUT2D eigenvalue weighted by atomic mass is 10.2. The molecule has 0 aliphatic rings. The molecule has 0 fully saturated rings. The maximum absolute atomic E-state index is 10.8. The molecule has 1 rings (SSSR count). The van der Waals surface area contributed by atoms with Crippen molar-refractivity contribution in [2.24, 2.45) is 0 Å². The second kappa shape index (κ2) is 8.57. The summed E-state index contributed by atoms with van der Waals surface area (Å²) < 4.78 is 5.10. The van der Waals surface area contributed by atoms with E-state index in [9.17, 15) is 10.1 Å². The van der Waals surface area contributed by atoms with Gasteiger partial charge in [0, 0.05) is 24.8 Å². The van der Waals surface area contributed by atoms with Crippen molar-refractivity contribution in [3.63, 3.8) is 0 Å². The molecule has 1 aromatic carbocycles. The van der Waals surface area contributed by atoms with E-state index in [4.69, 9.17) is 9.84 Å². The van der Waals surface area contributed by atoms with Crippen LogP contribution in [-0.2, 0) is 11.3 Å². The van der Waals surface area contributed by atoms with Crippen molar-refractivity contribution in [1.29, 1.82) is 0 Å². The first-order valence-corrected chi connectivity index (χ1v) is 5.87. The monoisotopic (exact) mass is 254 g/mol. The Morgan fingerprint density at radius 2 is 2.11 bits per heavy atom. The van der Waals surface area contributed by atoms with Crippen LogP contribution >= 0.6 is 0 Å². The van der Waals surface area contributed by atoms with Crippen LogP contribution in [0.3, 0.4) is 0 Å². The van der Waals surface area contributed by atoms with Crippen molar-refractivity contribution in [1.82, 2.24) is 5.32 Å². The summed E-state index contributed by atoms with van der Waals surface area (Å²) in [7, 11) is 0. The van der Waals surface area contributed by atoms with E-state index in [0.29, 0.717) is 25.3 Å². The van der Waals surface area contributed by atoms with Gasteiger partial charge in [0.2, 0.25) is 0 Å². The van der Waals surface area contributed by atoms with Gasteiger partial charge >= 0.3 is 0 Å². The molecule has 0 aromatic heterocycles. The number of aliphatic hydroxyl groups excluding tert-OH is 1. The number of nitro groups is 1. The predicted molar refractivity (Wildman–Crippen MR) is 67.3 cm³/mol. The summed E-state index contributed by atoms with van der Waals surface area (Å²) in [4.78, 5) is 10.4. The van der Waals surface area contributed by atoms with Crippen LogP contribution in [0.4, 0.5) is 5.69 Å². The summed E-state index contributed by atoms with van der Waals surface area (Å²) in [5.74, 6) is 0. The first-order valence-electron chi connectivity index (χ1n) is 5.87. The molecule has 0 aliphatic carbocycles. The van der Waals surface area contributed by atoms with Gasteiger partial charge in [0.1, 0.15) is 0 Å². The number of hydrogen-bond donors (Lipinski definition) is 2. The van der Waals surface area contributed by atoms with Crippen molar-refractivity contribution in [3.05, 3.63) is 39.9 Å². The molecule has 18 heavy (non-hydrogen) atoms. The van der Waals surface area contributed by atoms with E-state index in [1.807, 2.05) is 0 Å². The third-order valence-electron chi connectivity index (χ3n) is 2.38. The van der Waals surface area contributed by atoms with E-state index in [1.54, 1.807) is 18.2 Å². The van der Waals surface area contributed by atoms with Crippen molar-refractivity contribution in [3.8, 4) is 0 Å². The molecule has 100 valence electrons. The third-order valence-corrected chi connectivity index (χ3v) is 2.38. The molecular weight excluding hydrogens is 236 g/mol. The summed E-state index contributed by atoms with van der Waals surface area (Å²) in [6.07, 6.45) is 0.806. The molecule has 2 N–H and O–H groups in total. The van der Waals surface area contributed by atoms with Crippen LogP contribution in [0.5, 0.6) is 0 Å². The Labute approximate surface area is 106 Å². The number of ether oxygens (including phenoxy) is 1. The van der Waals surface area contributed by atoms with Crippen LogP contribution in [0.2, 0.25) is 0 Å². The Kier molecular flexibility index (Phi) is 6.93. The fourth-order valence-corrected chi connectivity index (χ4v) is 1.53. The number of nitro benzene ring substituents is 1. The van der Waals surface area contributed by atoms with Gasteiger partial charge in [0.15, 0.2) is 0 Å². The topological polar surface area (TPSA) is 84.6 Å². The molecule has 0 atom stereocenters. The Morgan fingerprint density at radius 3 is 2.83 bits per heavy atom. The van der Waals surface area contributed by atoms with Gasteiger partial charge in [-0.2, -0.15) is 0 Å². The highest BCUT2D eigenvalue weighted by Gasteiger charge is 2.10. The summed E-state index contributed by atoms with van der Waals surface area (Å²) in [5.41, 5.74) is 0.820. The molecule has 0 radical (unpaired) electrons. The van der Waals surface area contributed by atoms with Gasteiger partial charge in [-0.1, -0.05) is 18.2 Å². The molecule has 0 saturated heterocycles. The van der Waals surface area contributed by atoms with E-state index in [0.717, 1.165) is 13.0 Å². The van der Waals surface area contributed by atoms with Crippen molar-refractivity contribution >= 4 is 5.69 Å². The highest BCUT2D eigenvalue weighted by atomic mass is 16.6. The molecule has 0 saturated carbocycles. The van der Waals surface area contributed by atoms with Crippen LogP contribution in [0.25, 0.3) is 0 Å². The van der Waals surface area contributed by atoms with Gasteiger partial charge in [-0.15, -0.1) is 0 Å². The maximum Gasteiger partial charge on any atom is 0.273 e. The largest absolute Gasteiger partial charge is 0.394 e. The number of hydrogen-bond acceptors (Lipinski definition) is 5. The lowest BCUT2D eigenvalue weighted by Crippen LogP contribution is -2.17. The Balaban J connectivity index is 2.25. The first kappa shape index (κ1) is 14.6. The zero-order chi connectivity index (χ0) is 13.2. The molecular formula is C12H18N2O4. The molecule has 6 nitrogen and oxygen atoms in total. The fraction of sp³-hybridized carbons (Fsp3) is 0.500. The zero-order valence-corrected chi connectivity index (χ0v) is 10.2. The average Bonchev–Trinajstić information content (AvgIpc) is 2.38. The van der Waals surface area contributed by atoms with Crippen LogP contribution < -0.4 is 5.32 Å². The summed E-state index contributed by atoms with van der Waals surface area (Å²) in [6.45, 7) is 2.15. The quantitative estimate of drug-likeness (QED) is 0.391. The summed E-state index contributed by atoms with van der Waals surface area (Å²) in [5, 5.41) is 22.4. The highest BCUT2D eigenvalue weighted by molar-refractivity contribution is 5.39. The lowest BCUT2D eigenvalue weighted by molar-refractivity contribution is -0.385. The predicted octanol–water partition coefficient (Wildman–Crippen LogP) is 1.08. The van der Waals surface area contributed by atoms with Crippen molar-refractivity contribution < 1.29 is 14.8 Å². The van der Waals surface area contributed by atoms with E-state index >= 15 is 0 Å². The van der Waals surface area contributed by atoms with Gasteiger partial charge in [-0.25, -0.2) is 0 Å². The summed E-state index contributed by atoms with van der Waals surface area (Å²) >= 11 is 0. The van der Waals surface area contributed by atoms with E-state index in [2.05, 4.69) is 5.32 Å². The summed E-state index contributed by atoms with van der Waals surface area (Å²) in [6, 6.07) is 6.69. The van der Waals surface area contributed by atoms with E-state index in [-0.39, 0.29) is 17.2 Å². The molecule has 0 amide bonds. The molecule has 0 spiro atoms. The molecule has 0 heterocycles. The van der Waals surface area contributed by atoms with E-state index < -0.39 is 0 Å². The van der Waals surface area contributed by atoms with Gasteiger partial charge in [0.25, 0.3) is 5.69 Å². The second-order valence-electron chi connectivity index (χ2n) is 3.75. The number of aliphatic hydroxyl groups is 1.